The van der Waals surface area contributed by atoms with Gasteiger partial charge in [0.2, 0.25) is 5.88 Å². The van der Waals surface area contributed by atoms with E-state index >= 15 is 0 Å². The highest BCUT2D eigenvalue weighted by Crippen LogP contribution is 2.40. The quantitative estimate of drug-likeness (QED) is 0.132. The van der Waals surface area contributed by atoms with E-state index < -0.39 is 0 Å². The van der Waals surface area contributed by atoms with Gasteiger partial charge in [-0.25, -0.2) is 4.98 Å². The summed E-state index contributed by atoms with van der Waals surface area (Å²) in [5, 5.41) is 27.5. The zero-order valence-electron chi connectivity index (χ0n) is 28.1. The van der Waals surface area contributed by atoms with Crippen LogP contribution < -0.4 is 20.1 Å². The van der Waals surface area contributed by atoms with Crippen LogP contribution in [0, 0.1) is 6.92 Å². The van der Waals surface area contributed by atoms with Crippen molar-refractivity contribution >= 4 is 11.6 Å². The first-order valence-electron chi connectivity index (χ1n) is 17.1. The number of nitrogens with one attached hydrogen (secondary N) is 2. The Balaban J connectivity index is 1.22. The SMILES string of the molecule is COc1cc(-c2nccc(-c3cccc(-c4ccc(CNC5CCC(O)CC5)c(OC)n4)c3Cl)c2C)ccc1CNC1CCC(O)CC1. The highest BCUT2D eigenvalue weighted by molar-refractivity contribution is 6.36. The lowest BCUT2D eigenvalue weighted by Gasteiger charge is -2.26. The highest BCUT2D eigenvalue weighted by Gasteiger charge is 2.22. The van der Waals surface area contributed by atoms with E-state index in [2.05, 4.69) is 41.8 Å². The number of hydrogen-bond donors (Lipinski definition) is 4. The number of methoxy groups -OCH3 is 2. The molecular weight excluding hydrogens is 624 g/mol. The first-order chi connectivity index (χ1) is 23.3. The number of pyridine rings is 2. The first-order valence-corrected chi connectivity index (χ1v) is 17.5. The monoisotopic (exact) mass is 670 g/mol. The molecule has 254 valence electrons. The average Bonchev–Trinajstić information content (AvgIpc) is 3.11. The Morgan fingerprint density at radius 1 is 0.750 bits per heavy atom. The van der Waals surface area contributed by atoms with Crippen LogP contribution in [0.1, 0.15) is 68.1 Å². The summed E-state index contributed by atoms with van der Waals surface area (Å²) in [5.74, 6) is 1.39. The Kier molecular flexibility index (Phi) is 11.3. The van der Waals surface area contributed by atoms with E-state index in [-0.39, 0.29) is 12.2 Å². The Labute approximate surface area is 288 Å². The van der Waals surface area contributed by atoms with Gasteiger partial charge in [-0.05, 0) is 87.6 Å². The number of hydrogen-bond acceptors (Lipinski definition) is 8. The normalized spacial score (nSPS) is 21.2. The molecule has 0 atom stereocenters. The summed E-state index contributed by atoms with van der Waals surface area (Å²) in [6, 6.07) is 19.2. The van der Waals surface area contributed by atoms with Crippen LogP contribution in [0.2, 0.25) is 5.02 Å². The molecule has 6 rings (SSSR count). The lowest BCUT2D eigenvalue weighted by atomic mass is 9.93. The van der Waals surface area contributed by atoms with Crippen LogP contribution in [0.3, 0.4) is 0 Å². The van der Waals surface area contributed by atoms with Crippen LogP contribution in [0.15, 0.2) is 60.8 Å². The van der Waals surface area contributed by atoms with Gasteiger partial charge in [0.15, 0.2) is 0 Å². The van der Waals surface area contributed by atoms with E-state index in [1.165, 1.54) is 0 Å². The fourth-order valence-electron chi connectivity index (χ4n) is 7.09. The van der Waals surface area contributed by atoms with Crippen molar-refractivity contribution in [3.05, 3.63) is 82.5 Å². The van der Waals surface area contributed by atoms with E-state index in [0.717, 1.165) is 107 Å². The Morgan fingerprint density at radius 2 is 1.38 bits per heavy atom. The zero-order valence-corrected chi connectivity index (χ0v) is 28.9. The average molecular weight is 671 g/mol. The molecule has 2 heterocycles. The van der Waals surface area contributed by atoms with Crippen LogP contribution in [-0.2, 0) is 13.1 Å². The van der Waals surface area contributed by atoms with Crippen LogP contribution in [0.4, 0.5) is 0 Å². The smallest absolute Gasteiger partial charge is 0.218 e. The molecule has 0 saturated heterocycles. The summed E-state index contributed by atoms with van der Waals surface area (Å²) in [4.78, 5) is 9.65. The molecule has 9 heteroatoms. The van der Waals surface area contributed by atoms with Crippen molar-refractivity contribution in [2.45, 2.75) is 95.7 Å². The number of aliphatic hydroxyl groups is 2. The summed E-state index contributed by atoms with van der Waals surface area (Å²) in [7, 11) is 3.35. The number of nitrogens with zero attached hydrogens (tertiary/aromatic N) is 2. The minimum absolute atomic E-state index is 0.163. The molecule has 2 saturated carbocycles. The van der Waals surface area contributed by atoms with Gasteiger partial charge in [0, 0.05) is 59.2 Å². The third-order valence-electron chi connectivity index (χ3n) is 10.0. The van der Waals surface area contributed by atoms with Gasteiger partial charge in [-0.1, -0.05) is 48.0 Å². The lowest BCUT2D eigenvalue weighted by molar-refractivity contribution is 0.116. The Morgan fingerprint density at radius 3 is 2.02 bits per heavy atom. The van der Waals surface area contributed by atoms with Gasteiger partial charge in [0.05, 0.1) is 42.8 Å². The van der Waals surface area contributed by atoms with E-state index in [1.54, 1.807) is 14.2 Å². The van der Waals surface area contributed by atoms with Crippen LogP contribution in [0.5, 0.6) is 11.6 Å². The predicted octanol–water partition coefficient (Wildman–Crippen LogP) is 7.24. The molecule has 48 heavy (non-hydrogen) atoms. The topological polar surface area (TPSA) is 109 Å². The molecule has 0 amide bonds. The third-order valence-corrected chi connectivity index (χ3v) is 10.4. The molecule has 4 N–H and O–H groups in total. The number of ether oxygens (including phenoxy) is 2. The van der Waals surface area contributed by atoms with Crippen LogP contribution in [-0.4, -0.2) is 58.7 Å². The molecule has 0 unspecified atom stereocenters. The minimum Gasteiger partial charge on any atom is -0.496 e. The molecule has 4 aromatic rings. The van der Waals surface area contributed by atoms with Gasteiger partial charge in [0.1, 0.15) is 5.75 Å². The lowest BCUT2D eigenvalue weighted by Crippen LogP contribution is -2.34. The summed E-state index contributed by atoms with van der Waals surface area (Å²) in [6.45, 7) is 3.44. The third kappa shape index (κ3) is 7.85. The molecule has 8 nitrogen and oxygen atoms in total. The number of benzene rings is 2. The van der Waals surface area contributed by atoms with Crippen LogP contribution >= 0.6 is 11.6 Å². The van der Waals surface area contributed by atoms with Crippen molar-refractivity contribution in [1.29, 1.82) is 0 Å². The molecule has 2 aromatic carbocycles. The fraction of sp³-hybridized carbons (Fsp3) is 0.436. The van der Waals surface area contributed by atoms with Crippen molar-refractivity contribution in [1.82, 2.24) is 20.6 Å². The molecule has 0 radical (unpaired) electrons. The minimum atomic E-state index is -0.173. The molecule has 2 aliphatic carbocycles. The number of halogens is 1. The molecule has 2 aliphatic rings. The maximum Gasteiger partial charge on any atom is 0.218 e. The van der Waals surface area contributed by atoms with Gasteiger partial charge in [-0.15, -0.1) is 0 Å². The van der Waals surface area contributed by atoms with Gasteiger partial charge < -0.3 is 30.3 Å². The molecule has 0 spiro atoms. The maximum atomic E-state index is 9.84. The fourth-order valence-corrected chi connectivity index (χ4v) is 7.42. The van der Waals surface area contributed by atoms with Gasteiger partial charge in [-0.2, -0.15) is 0 Å². The first kappa shape index (κ1) is 34.3. The second-order valence-corrected chi connectivity index (χ2v) is 13.5. The van der Waals surface area contributed by atoms with Gasteiger partial charge >= 0.3 is 0 Å². The van der Waals surface area contributed by atoms with Crippen molar-refractivity contribution in [2.24, 2.45) is 0 Å². The molecule has 0 aliphatic heterocycles. The van der Waals surface area contributed by atoms with Crippen molar-refractivity contribution < 1.29 is 19.7 Å². The second-order valence-electron chi connectivity index (χ2n) is 13.2. The predicted molar refractivity (Wildman–Crippen MR) is 191 cm³/mol. The standard InChI is InChI=1S/C39H47ClN4O4/c1-24-32(19-20-41-38(24)25-7-8-26(36(21-25)47-2)22-42-28-10-14-30(45)15-11-28)33-5-4-6-34(37(33)40)35-18-9-27(39(44-35)48-3)23-43-29-12-16-31(46)17-13-29/h4-9,18-21,28-31,42-43,45-46H,10-17,22-23H2,1-3H3. The molecule has 0 bridgehead atoms. The summed E-state index contributed by atoms with van der Waals surface area (Å²) < 4.78 is 11.5. The summed E-state index contributed by atoms with van der Waals surface area (Å²) in [6.07, 6.45) is 8.79. The Hall–Kier alpha value is -3.53. The van der Waals surface area contributed by atoms with E-state index in [0.29, 0.717) is 36.1 Å². The number of aliphatic hydroxyl groups excluding tert-OH is 2. The Bertz CT molecular complexity index is 1570. The zero-order chi connectivity index (χ0) is 33.6. The number of aromatic nitrogens is 2. The summed E-state index contributed by atoms with van der Waals surface area (Å²) in [5.41, 5.74) is 8.43. The summed E-state index contributed by atoms with van der Waals surface area (Å²) >= 11 is 7.16. The molecular formula is C39H47ClN4O4. The van der Waals surface area contributed by atoms with E-state index in [4.69, 9.17) is 31.0 Å². The van der Waals surface area contributed by atoms with Crippen molar-refractivity contribution in [3.63, 3.8) is 0 Å². The van der Waals surface area contributed by atoms with E-state index in [9.17, 15) is 10.2 Å². The maximum absolute atomic E-state index is 9.84. The highest BCUT2D eigenvalue weighted by atomic mass is 35.5. The molecule has 2 fully saturated rings. The van der Waals surface area contributed by atoms with Crippen molar-refractivity contribution in [3.8, 4) is 45.3 Å². The largest absolute Gasteiger partial charge is 0.496 e. The van der Waals surface area contributed by atoms with Gasteiger partial charge in [0.25, 0.3) is 0 Å². The number of rotatable bonds is 11. The van der Waals surface area contributed by atoms with Crippen molar-refractivity contribution in [2.75, 3.05) is 14.2 Å². The second kappa shape index (κ2) is 15.8. The van der Waals surface area contributed by atoms with Gasteiger partial charge in [-0.3, -0.25) is 4.98 Å². The molecule has 2 aromatic heterocycles. The van der Waals surface area contributed by atoms with Crippen LogP contribution in [0.25, 0.3) is 33.6 Å². The van der Waals surface area contributed by atoms with E-state index in [1.807, 2.05) is 36.5 Å².